The fraction of sp³-hybridized carbons (Fsp3) is 0.238. The van der Waals surface area contributed by atoms with Gasteiger partial charge in [-0.15, -0.1) is 0 Å². The van der Waals surface area contributed by atoms with Crippen LogP contribution in [0.2, 0.25) is 0 Å². The lowest BCUT2D eigenvalue weighted by atomic mass is 9.92. The molecule has 0 aliphatic carbocycles. The van der Waals surface area contributed by atoms with E-state index < -0.39 is 11.5 Å². The van der Waals surface area contributed by atoms with Crippen molar-refractivity contribution >= 4 is 23.3 Å². The fourth-order valence-corrected chi connectivity index (χ4v) is 2.53. The van der Waals surface area contributed by atoms with E-state index in [0.717, 1.165) is 16.7 Å². The van der Waals surface area contributed by atoms with E-state index in [-0.39, 0.29) is 6.03 Å². The van der Waals surface area contributed by atoms with Crippen LogP contribution < -0.4 is 10.6 Å². The van der Waals surface area contributed by atoms with Crippen LogP contribution in [0.15, 0.2) is 55.1 Å². The molecule has 0 bridgehead atoms. The second-order valence-corrected chi connectivity index (χ2v) is 6.64. The Labute approximate surface area is 154 Å². The molecule has 2 rings (SSSR count). The number of carbonyl (C=O) groups excluding carboxylic acids is 2. The summed E-state index contributed by atoms with van der Waals surface area (Å²) in [6.07, 6.45) is 0. The largest absolute Gasteiger partial charge is 0.465 e. The zero-order chi connectivity index (χ0) is 19.3. The highest BCUT2D eigenvalue weighted by Gasteiger charge is 2.23. The van der Waals surface area contributed by atoms with E-state index in [1.807, 2.05) is 45.0 Å². The van der Waals surface area contributed by atoms with E-state index in [9.17, 15) is 9.59 Å². The number of methoxy groups -OCH3 is 1. The summed E-state index contributed by atoms with van der Waals surface area (Å²) in [4.78, 5) is 24.0. The van der Waals surface area contributed by atoms with Gasteiger partial charge in [-0.1, -0.05) is 36.4 Å². The lowest BCUT2D eigenvalue weighted by Gasteiger charge is -2.27. The van der Waals surface area contributed by atoms with Gasteiger partial charge in [-0.2, -0.15) is 0 Å². The number of carbonyl (C=O) groups is 2. The molecule has 0 atom stereocenters. The number of urea groups is 1. The molecule has 0 heterocycles. The molecule has 0 saturated carbocycles. The van der Waals surface area contributed by atoms with Crippen molar-refractivity contribution in [2.75, 3.05) is 12.4 Å². The molecule has 0 saturated heterocycles. The van der Waals surface area contributed by atoms with Crippen molar-refractivity contribution < 1.29 is 14.3 Å². The van der Waals surface area contributed by atoms with E-state index in [1.54, 1.807) is 24.3 Å². The van der Waals surface area contributed by atoms with Gasteiger partial charge < -0.3 is 15.4 Å². The third-order valence-corrected chi connectivity index (χ3v) is 4.04. The Balaban J connectivity index is 2.12. The smallest absolute Gasteiger partial charge is 0.337 e. The molecule has 2 aromatic rings. The van der Waals surface area contributed by atoms with Gasteiger partial charge in [0.2, 0.25) is 0 Å². The van der Waals surface area contributed by atoms with Crippen molar-refractivity contribution in [3.05, 3.63) is 71.8 Å². The summed E-state index contributed by atoms with van der Waals surface area (Å²) in [5, 5.41) is 5.70. The summed E-state index contributed by atoms with van der Waals surface area (Å²) >= 11 is 0. The Hall–Kier alpha value is -3.08. The first-order chi connectivity index (χ1) is 12.2. The Kier molecular flexibility index (Phi) is 5.82. The third-order valence-electron chi connectivity index (χ3n) is 4.04. The fourth-order valence-electron chi connectivity index (χ4n) is 2.53. The van der Waals surface area contributed by atoms with Crippen LogP contribution in [0.1, 0.15) is 42.3 Å². The minimum Gasteiger partial charge on any atom is -0.465 e. The second kappa shape index (κ2) is 7.87. The van der Waals surface area contributed by atoms with Crippen LogP contribution in [0.3, 0.4) is 0 Å². The van der Waals surface area contributed by atoms with Crippen molar-refractivity contribution in [1.29, 1.82) is 0 Å². The average molecular weight is 352 g/mol. The van der Waals surface area contributed by atoms with Crippen LogP contribution in [0.4, 0.5) is 10.5 Å². The van der Waals surface area contributed by atoms with Crippen molar-refractivity contribution in [1.82, 2.24) is 5.32 Å². The van der Waals surface area contributed by atoms with Gasteiger partial charge in [0.05, 0.1) is 18.2 Å². The van der Waals surface area contributed by atoms with E-state index in [0.29, 0.717) is 11.3 Å². The van der Waals surface area contributed by atoms with Crippen molar-refractivity contribution in [2.45, 2.75) is 26.3 Å². The molecule has 0 unspecified atom stereocenters. The first-order valence-corrected chi connectivity index (χ1v) is 8.27. The van der Waals surface area contributed by atoms with Crippen LogP contribution in [0.25, 0.3) is 5.57 Å². The molecule has 2 aromatic carbocycles. The molecule has 0 aromatic heterocycles. The second-order valence-electron chi connectivity index (χ2n) is 6.64. The SMILES string of the molecule is C=C(C)c1cccc(C(C)(C)NC(=O)Nc2cccc(C(=O)OC)c2)c1. The van der Waals surface area contributed by atoms with Gasteiger partial charge in [0, 0.05) is 5.69 Å². The van der Waals surface area contributed by atoms with Gasteiger partial charge in [-0.25, -0.2) is 9.59 Å². The first kappa shape index (κ1) is 19.2. The highest BCUT2D eigenvalue weighted by molar-refractivity contribution is 5.94. The van der Waals surface area contributed by atoms with Gasteiger partial charge in [-0.3, -0.25) is 0 Å². The van der Waals surface area contributed by atoms with Crippen molar-refractivity contribution in [3.8, 4) is 0 Å². The minimum atomic E-state index is -0.588. The summed E-state index contributed by atoms with van der Waals surface area (Å²) in [7, 11) is 1.32. The number of nitrogens with one attached hydrogen (secondary N) is 2. The van der Waals surface area contributed by atoms with Crippen molar-refractivity contribution in [2.24, 2.45) is 0 Å². The predicted octanol–water partition coefficient (Wildman–Crippen LogP) is 4.56. The van der Waals surface area contributed by atoms with Gasteiger partial charge >= 0.3 is 12.0 Å². The topological polar surface area (TPSA) is 67.4 Å². The number of hydrogen-bond acceptors (Lipinski definition) is 3. The predicted molar refractivity (Wildman–Crippen MR) is 104 cm³/mol. The maximum atomic E-state index is 12.4. The van der Waals surface area contributed by atoms with Crippen LogP contribution in [-0.2, 0) is 10.3 Å². The number of benzene rings is 2. The molecular weight excluding hydrogens is 328 g/mol. The monoisotopic (exact) mass is 352 g/mol. The van der Waals surface area contributed by atoms with Crippen molar-refractivity contribution in [3.63, 3.8) is 0 Å². The summed E-state index contributed by atoms with van der Waals surface area (Å²) in [6.45, 7) is 9.75. The summed E-state index contributed by atoms with van der Waals surface area (Å²) in [5.74, 6) is -0.453. The lowest BCUT2D eigenvalue weighted by Crippen LogP contribution is -2.43. The number of ether oxygens (including phenoxy) is 1. The Morgan fingerprint density at radius 3 is 2.35 bits per heavy atom. The Morgan fingerprint density at radius 2 is 1.69 bits per heavy atom. The quantitative estimate of drug-likeness (QED) is 0.775. The summed E-state index contributed by atoms with van der Waals surface area (Å²) in [6, 6.07) is 14.1. The third kappa shape index (κ3) is 4.72. The number of allylic oxidation sites excluding steroid dienone is 1. The molecule has 0 aliphatic rings. The molecule has 0 spiro atoms. The maximum absolute atomic E-state index is 12.4. The van der Waals surface area contributed by atoms with Gasteiger partial charge in [0.25, 0.3) is 0 Å². The molecule has 26 heavy (non-hydrogen) atoms. The molecular formula is C21H24N2O3. The van der Waals surface area contributed by atoms with Gasteiger partial charge in [-0.05, 0) is 56.2 Å². The molecule has 5 heteroatoms. The highest BCUT2D eigenvalue weighted by Crippen LogP contribution is 2.24. The van der Waals surface area contributed by atoms with Crippen LogP contribution in [0, 0.1) is 0 Å². The van der Waals surface area contributed by atoms with Crippen LogP contribution >= 0.6 is 0 Å². The van der Waals surface area contributed by atoms with E-state index in [1.165, 1.54) is 7.11 Å². The zero-order valence-electron chi connectivity index (χ0n) is 15.6. The number of esters is 1. The summed E-state index contributed by atoms with van der Waals surface area (Å²) in [5.41, 5.74) is 3.26. The summed E-state index contributed by atoms with van der Waals surface area (Å²) < 4.78 is 4.69. The average Bonchev–Trinajstić information content (AvgIpc) is 2.60. The number of amides is 2. The first-order valence-electron chi connectivity index (χ1n) is 8.27. The molecule has 0 fully saturated rings. The van der Waals surface area contributed by atoms with E-state index in [2.05, 4.69) is 17.2 Å². The number of hydrogen-bond donors (Lipinski definition) is 2. The standard InChI is InChI=1S/C21H24N2O3/c1-14(2)15-8-6-10-17(12-15)21(3,4)23-20(25)22-18-11-7-9-16(13-18)19(24)26-5/h6-13H,1H2,2-5H3,(H2,22,23,25). The van der Waals surface area contributed by atoms with Crippen LogP contribution in [-0.4, -0.2) is 19.1 Å². The Morgan fingerprint density at radius 1 is 1.04 bits per heavy atom. The minimum absolute atomic E-state index is 0.363. The zero-order valence-corrected chi connectivity index (χ0v) is 15.6. The molecule has 2 amide bonds. The molecule has 0 aliphatic heterocycles. The number of anilines is 1. The lowest BCUT2D eigenvalue weighted by molar-refractivity contribution is 0.0600. The maximum Gasteiger partial charge on any atom is 0.337 e. The van der Waals surface area contributed by atoms with Gasteiger partial charge in [0.1, 0.15) is 0 Å². The molecule has 2 N–H and O–H groups in total. The van der Waals surface area contributed by atoms with E-state index >= 15 is 0 Å². The highest BCUT2D eigenvalue weighted by atomic mass is 16.5. The van der Waals surface area contributed by atoms with E-state index in [4.69, 9.17) is 4.74 Å². The Bertz CT molecular complexity index is 841. The van der Waals surface area contributed by atoms with Gasteiger partial charge in [0.15, 0.2) is 0 Å². The number of rotatable bonds is 5. The molecule has 136 valence electrons. The molecule has 5 nitrogen and oxygen atoms in total. The van der Waals surface area contributed by atoms with Crippen LogP contribution in [0.5, 0.6) is 0 Å². The normalized spacial score (nSPS) is 10.8. The molecule has 0 radical (unpaired) electrons.